The summed E-state index contributed by atoms with van der Waals surface area (Å²) in [4.78, 5) is 91.9. The fourth-order valence-electron chi connectivity index (χ4n) is 5.73. The number of hydrogen-bond donors (Lipinski definition) is 8. The van der Waals surface area contributed by atoms with Gasteiger partial charge in [-0.3, -0.25) is 28.8 Å². The molecule has 52 heavy (non-hydrogen) atoms. The highest BCUT2D eigenvalue weighted by molar-refractivity contribution is 7.98. The van der Waals surface area contributed by atoms with Crippen LogP contribution in [0.5, 0.6) is 5.75 Å². The molecule has 17 heteroatoms. The van der Waals surface area contributed by atoms with Crippen molar-refractivity contribution in [2.24, 2.45) is 11.5 Å². The van der Waals surface area contributed by atoms with Gasteiger partial charge in [-0.1, -0.05) is 42.5 Å². The largest absolute Gasteiger partial charge is 0.508 e. The number of phenols is 1. The van der Waals surface area contributed by atoms with E-state index in [0.29, 0.717) is 36.3 Å². The summed E-state index contributed by atoms with van der Waals surface area (Å²) in [6.45, 7) is 0.00919. The number of carbonyl (C=O) groups excluding carboxylic acids is 6. The maximum Gasteiger partial charge on any atom is 0.326 e. The predicted octanol–water partition coefficient (Wildman–Crippen LogP) is -0.830. The Balaban J connectivity index is 1.85. The first-order valence-corrected chi connectivity index (χ1v) is 18.2. The molecule has 2 aromatic rings. The number of aliphatic carboxylic acids is 1. The van der Waals surface area contributed by atoms with Gasteiger partial charge >= 0.3 is 5.97 Å². The molecule has 1 saturated heterocycles. The maximum atomic E-state index is 13.9. The van der Waals surface area contributed by atoms with Crippen molar-refractivity contribution in [3.63, 3.8) is 0 Å². The number of nitrogens with zero attached hydrogens (tertiary/aromatic N) is 1. The molecule has 5 unspecified atom stereocenters. The SMILES string of the molecule is CSCCC(NC(=O)C(Cc1ccc(O)cc1)NC(=O)C(CCC(N)=O)NC(=O)C1CCCN1C(=O)CN)C(=O)NC(Cc1ccccc1)C(=O)O. The molecule has 0 radical (unpaired) electrons. The predicted molar refractivity (Wildman–Crippen MR) is 193 cm³/mol. The van der Waals surface area contributed by atoms with Crippen LogP contribution < -0.4 is 32.7 Å². The van der Waals surface area contributed by atoms with E-state index < -0.39 is 71.6 Å². The minimum Gasteiger partial charge on any atom is -0.508 e. The number of nitrogens with one attached hydrogen (secondary N) is 4. The second-order valence-electron chi connectivity index (χ2n) is 12.4. The third-order valence-corrected chi connectivity index (χ3v) is 9.16. The van der Waals surface area contributed by atoms with Gasteiger partial charge in [-0.25, -0.2) is 4.79 Å². The molecule has 16 nitrogen and oxygen atoms in total. The first-order valence-electron chi connectivity index (χ1n) is 16.9. The Hall–Kier alpha value is -5.16. The molecule has 0 aliphatic carbocycles. The monoisotopic (exact) mass is 741 g/mol. The Bertz CT molecular complexity index is 1560. The quantitative estimate of drug-likeness (QED) is 0.0830. The van der Waals surface area contributed by atoms with Crippen LogP contribution in [0.3, 0.4) is 0 Å². The number of phenolic OH excluding ortho intramolecular Hbond substituents is 1. The zero-order chi connectivity index (χ0) is 38.2. The van der Waals surface area contributed by atoms with E-state index in [1.54, 1.807) is 36.6 Å². The lowest BCUT2D eigenvalue weighted by molar-refractivity contribution is -0.142. The molecule has 0 aromatic heterocycles. The summed E-state index contributed by atoms with van der Waals surface area (Å²) in [7, 11) is 0. The first kappa shape index (κ1) is 41.3. The van der Waals surface area contributed by atoms with E-state index >= 15 is 0 Å². The van der Waals surface area contributed by atoms with Gasteiger partial charge < -0.3 is 47.8 Å². The molecule has 0 bridgehead atoms. The van der Waals surface area contributed by atoms with Crippen molar-refractivity contribution in [3.8, 4) is 5.75 Å². The molecular weight excluding hydrogens is 694 g/mol. The third-order valence-electron chi connectivity index (χ3n) is 8.51. The van der Waals surface area contributed by atoms with Crippen LogP contribution >= 0.6 is 11.8 Å². The summed E-state index contributed by atoms with van der Waals surface area (Å²) in [5.74, 6) is -5.03. The Morgan fingerprint density at radius 2 is 1.37 bits per heavy atom. The highest BCUT2D eigenvalue weighted by Crippen LogP contribution is 2.18. The minimum atomic E-state index is -1.34. The lowest BCUT2D eigenvalue weighted by atomic mass is 10.0. The van der Waals surface area contributed by atoms with Crippen LogP contribution in [-0.2, 0) is 46.4 Å². The summed E-state index contributed by atoms with van der Waals surface area (Å²) in [5, 5.41) is 30.0. The van der Waals surface area contributed by atoms with E-state index in [-0.39, 0.29) is 44.4 Å². The molecule has 1 aliphatic rings. The van der Waals surface area contributed by atoms with Gasteiger partial charge in [0.1, 0.15) is 36.0 Å². The van der Waals surface area contributed by atoms with Gasteiger partial charge in [0.25, 0.3) is 0 Å². The number of carbonyl (C=O) groups is 7. The second kappa shape index (κ2) is 20.6. The van der Waals surface area contributed by atoms with E-state index in [1.165, 1.54) is 40.9 Å². The highest BCUT2D eigenvalue weighted by atomic mass is 32.2. The molecule has 282 valence electrons. The van der Waals surface area contributed by atoms with E-state index in [9.17, 15) is 43.8 Å². The van der Waals surface area contributed by atoms with E-state index in [2.05, 4.69) is 21.3 Å². The Morgan fingerprint density at radius 3 is 1.96 bits per heavy atom. The van der Waals surface area contributed by atoms with Crippen molar-refractivity contribution in [2.45, 2.75) is 75.2 Å². The molecule has 1 aliphatic heterocycles. The van der Waals surface area contributed by atoms with Gasteiger partial charge in [0, 0.05) is 25.8 Å². The number of carboxylic acid groups (broad SMARTS) is 1. The Kier molecular flexibility index (Phi) is 16.4. The molecule has 3 rings (SSSR count). The van der Waals surface area contributed by atoms with Gasteiger partial charge in [0.15, 0.2) is 0 Å². The number of likely N-dealkylation sites (tertiary alicyclic amines) is 1. The zero-order valence-electron chi connectivity index (χ0n) is 28.9. The smallest absolute Gasteiger partial charge is 0.326 e. The number of aromatic hydroxyl groups is 1. The number of thioether (sulfide) groups is 1. The number of nitrogens with two attached hydrogens (primary N) is 2. The van der Waals surface area contributed by atoms with Crippen molar-refractivity contribution in [1.82, 2.24) is 26.2 Å². The summed E-state index contributed by atoms with van der Waals surface area (Å²) >= 11 is 1.41. The molecule has 0 saturated carbocycles. The van der Waals surface area contributed by atoms with Crippen LogP contribution in [0.4, 0.5) is 0 Å². The number of hydrogen-bond acceptors (Lipinski definition) is 10. The Labute approximate surface area is 305 Å². The second-order valence-corrected chi connectivity index (χ2v) is 13.4. The van der Waals surface area contributed by atoms with Crippen molar-refractivity contribution in [3.05, 3.63) is 65.7 Å². The van der Waals surface area contributed by atoms with Crippen LogP contribution in [0.25, 0.3) is 0 Å². The number of benzene rings is 2. The molecule has 5 atom stereocenters. The van der Waals surface area contributed by atoms with Gasteiger partial charge in [-0.15, -0.1) is 0 Å². The number of primary amides is 1. The van der Waals surface area contributed by atoms with Crippen LogP contribution in [0.2, 0.25) is 0 Å². The van der Waals surface area contributed by atoms with Crippen molar-refractivity contribution < 1.29 is 43.8 Å². The lowest BCUT2D eigenvalue weighted by Crippen LogP contribution is -2.59. The minimum absolute atomic E-state index is 0.00204. The molecule has 2 aromatic carbocycles. The van der Waals surface area contributed by atoms with Crippen LogP contribution in [0, 0.1) is 0 Å². The number of amides is 6. The summed E-state index contributed by atoms with van der Waals surface area (Å²) in [5.41, 5.74) is 12.1. The molecule has 10 N–H and O–H groups in total. The normalized spacial score (nSPS) is 16.1. The number of carboxylic acids is 1. The van der Waals surface area contributed by atoms with Crippen molar-refractivity contribution >= 4 is 53.2 Å². The topological polar surface area (TPSA) is 263 Å². The average molecular weight is 742 g/mol. The highest BCUT2D eigenvalue weighted by Gasteiger charge is 2.36. The zero-order valence-corrected chi connectivity index (χ0v) is 29.7. The molecule has 6 amide bonds. The van der Waals surface area contributed by atoms with Crippen molar-refractivity contribution in [1.29, 1.82) is 0 Å². The molecule has 1 heterocycles. The maximum absolute atomic E-state index is 13.9. The summed E-state index contributed by atoms with van der Waals surface area (Å²) < 4.78 is 0. The average Bonchev–Trinajstić information content (AvgIpc) is 3.62. The number of rotatable bonds is 20. The molecule has 1 fully saturated rings. The van der Waals surface area contributed by atoms with Gasteiger partial charge in [0.2, 0.25) is 35.4 Å². The third kappa shape index (κ3) is 12.9. The van der Waals surface area contributed by atoms with Gasteiger partial charge in [-0.2, -0.15) is 11.8 Å². The first-order chi connectivity index (χ1) is 24.8. The van der Waals surface area contributed by atoms with Gasteiger partial charge in [0.05, 0.1) is 6.54 Å². The van der Waals surface area contributed by atoms with Crippen LogP contribution in [0.1, 0.15) is 43.2 Å². The summed E-state index contributed by atoms with van der Waals surface area (Å²) in [6, 6.07) is 8.56. The molecule has 0 spiro atoms. The van der Waals surface area contributed by atoms with Gasteiger partial charge in [-0.05, 0) is 61.0 Å². The fourth-order valence-corrected chi connectivity index (χ4v) is 6.20. The van der Waals surface area contributed by atoms with E-state index in [4.69, 9.17) is 11.5 Å². The molecular formula is C35H47N7O9S. The summed E-state index contributed by atoms with van der Waals surface area (Å²) in [6.07, 6.45) is 2.20. The van der Waals surface area contributed by atoms with E-state index in [0.717, 1.165) is 0 Å². The lowest BCUT2D eigenvalue weighted by Gasteiger charge is -2.28. The standard InChI is InChI=1S/C35H47N7O9S/c1-52-17-15-25(32(47)41-27(35(50)51)19-21-6-3-2-4-7-21)38-33(48)26(18-22-9-11-23(43)12-10-22)40-31(46)24(13-14-29(37)44)39-34(49)28-8-5-16-42(28)30(45)20-36/h2-4,6-7,9-12,24-28,43H,5,8,13-20,36H2,1H3,(H2,37,44)(H,38,48)(H,39,49)(H,40,46)(H,41,47)(H,50,51). The Morgan fingerprint density at radius 1 is 0.808 bits per heavy atom. The van der Waals surface area contributed by atoms with Crippen LogP contribution in [0.15, 0.2) is 54.6 Å². The fraction of sp³-hybridized carbons (Fsp3) is 0.457. The van der Waals surface area contributed by atoms with Crippen molar-refractivity contribution in [2.75, 3.05) is 25.1 Å². The van der Waals surface area contributed by atoms with Crippen LogP contribution in [-0.4, -0.2) is 112 Å². The van der Waals surface area contributed by atoms with E-state index in [1.807, 2.05) is 0 Å².